The molecule has 2 unspecified atom stereocenters. The number of rotatable bonds is 9. The zero-order valence-electron chi connectivity index (χ0n) is 17.0. The van der Waals surface area contributed by atoms with Crippen molar-refractivity contribution in [2.24, 2.45) is 0 Å². The number of carboxylic acid groups (broad SMARTS) is 1. The van der Waals surface area contributed by atoms with E-state index in [2.05, 4.69) is 0 Å². The van der Waals surface area contributed by atoms with Gasteiger partial charge in [-0.2, -0.15) is 0 Å². The maximum absolute atomic E-state index is 12.0. The average molecular weight is 461 g/mol. The quantitative estimate of drug-likeness (QED) is 0.410. The van der Waals surface area contributed by atoms with E-state index in [0.717, 1.165) is 0 Å². The average Bonchev–Trinajstić information content (AvgIpc) is 2.75. The summed E-state index contributed by atoms with van der Waals surface area (Å²) in [7, 11) is 0. The first-order valence-corrected chi connectivity index (χ1v) is 10.4. The molecule has 3 aromatic rings. The van der Waals surface area contributed by atoms with Gasteiger partial charge < -0.3 is 19.3 Å². The molecule has 0 bridgehead atoms. The van der Waals surface area contributed by atoms with Crippen LogP contribution in [-0.2, 0) is 10.4 Å². The first-order chi connectivity index (χ1) is 14.8. The lowest BCUT2D eigenvalue weighted by Gasteiger charge is -2.27. The molecular formula is C24H22Cl2O5. The smallest absolute Gasteiger partial charge is 0.352 e. The van der Waals surface area contributed by atoms with Crippen LogP contribution >= 0.6 is 23.2 Å². The molecule has 3 rings (SSSR count). The summed E-state index contributed by atoms with van der Waals surface area (Å²) in [6.07, 6.45) is -0.196. The summed E-state index contributed by atoms with van der Waals surface area (Å²) < 4.78 is 17.3. The van der Waals surface area contributed by atoms with Crippen LogP contribution < -0.4 is 14.2 Å². The molecule has 0 amide bonds. The zero-order chi connectivity index (χ0) is 22.4. The number of benzene rings is 3. The van der Waals surface area contributed by atoms with E-state index in [0.29, 0.717) is 39.5 Å². The fourth-order valence-electron chi connectivity index (χ4n) is 2.83. The van der Waals surface area contributed by atoms with Crippen LogP contribution in [0.4, 0.5) is 0 Å². The Hall–Kier alpha value is -2.89. The van der Waals surface area contributed by atoms with Crippen LogP contribution in [0.15, 0.2) is 72.8 Å². The number of hydrogen-bond donors (Lipinski definition) is 1. The van der Waals surface area contributed by atoms with Gasteiger partial charge in [-0.05, 0) is 74.5 Å². The number of halogens is 2. The van der Waals surface area contributed by atoms with E-state index in [1.807, 2.05) is 6.92 Å². The molecule has 0 saturated heterocycles. The van der Waals surface area contributed by atoms with Gasteiger partial charge in [0.05, 0.1) is 0 Å². The van der Waals surface area contributed by atoms with Crippen LogP contribution in [0, 0.1) is 0 Å². The summed E-state index contributed by atoms with van der Waals surface area (Å²) in [5.74, 6) is 0.589. The van der Waals surface area contributed by atoms with Crippen molar-refractivity contribution in [2.75, 3.05) is 6.61 Å². The third kappa shape index (κ3) is 6.06. The lowest BCUT2D eigenvalue weighted by atomic mass is 9.95. The SMILES string of the molecule is CC(COc1ccc(C(C)(Oc2ccc(Cl)cc2)C(=O)O)cc1)Oc1ccc(Cl)cc1. The third-order valence-electron chi connectivity index (χ3n) is 4.58. The van der Waals surface area contributed by atoms with Gasteiger partial charge >= 0.3 is 5.97 Å². The predicted molar refractivity (Wildman–Crippen MR) is 121 cm³/mol. The number of ether oxygens (including phenoxy) is 3. The molecule has 0 spiro atoms. The second-order valence-electron chi connectivity index (χ2n) is 7.11. The monoisotopic (exact) mass is 460 g/mol. The minimum atomic E-state index is -1.57. The highest BCUT2D eigenvalue weighted by molar-refractivity contribution is 6.30. The molecule has 0 aliphatic rings. The lowest BCUT2D eigenvalue weighted by Crippen LogP contribution is -2.38. The van der Waals surface area contributed by atoms with Crippen molar-refractivity contribution in [3.05, 3.63) is 88.4 Å². The molecule has 0 heterocycles. The molecular weight excluding hydrogens is 439 g/mol. The molecule has 0 fully saturated rings. The van der Waals surface area contributed by atoms with E-state index in [4.69, 9.17) is 37.4 Å². The van der Waals surface area contributed by atoms with Gasteiger partial charge in [-0.25, -0.2) is 4.79 Å². The highest BCUT2D eigenvalue weighted by Crippen LogP contribution is 2.30. The molecule has 3 aromatic carbocycles. The van der Waals surface area contributed by atoms with E-state index < -0.39 is 11.6 Å². The highest BCUT2D eigenvalue weighted by atomic mass is 35.5. The number of carboxylic acids is 1. The maximum atomic E-state index is 12.0. The van der Waals surface area contributed by atoms with E-state index in [-0.39, 0.29) is 6.10 Å². The summed E-state index contributed by atoms with van der Waals surface area (Å²) in [5, 5.41) is 11.0. The van der Waals surface area contributed by atoms with Crippen molar-refractivity contribution >= 4 is 29.2 Å². The second kappa shape index (κ2) is 9.94. The minimum Gasteiger partial charge on any atom is -0.490 e. The Bertz CT molecular complexity index is 1000. The molecule has 0 aliphatic heterocycles. The summed E-state index contributed by atoms with van der Waals surface area (Å²) in [4.78, 5) is 12.0. The van der Waals surface area contributed by atoms with Crippen LogP contribution in [0.1, 0.15) is 19.4 Å². The van der Waals surface area contributed by atoms with Gasteiger partial charge in [0, 0.05) is 15.6 Å². The van der Waals surface area contributed by atoms with Gasteiger partial charge in [0.25, 0.3) is 0 Å². The molecule has 31 heavy (non-hydrogen) atoms. The largest absolute Gasteiger partial charge is 0.490 e. The Morgan fingerprint density at radius 3 is 1.87 bits per heavy atom. The molecule has 0 aliphatic carbocycles. The van der Waals surface area contributed by atoms with Gasteiger partial charge in [0.2, 0.25) is 5.60 Å². The first kappa shape index (κ1) is 22.8. The normalized spacial score (nSPS) is 13.7. The van der Waals surface area contributed by atoms with E-state index in [1.54, 1.807) is 72.8 Å². The predicted octanol–water partition coefficient (Wildman–Crippen LogP) is 6.22. The molecule has 0 saturated carbocycles. The molecule has 162 valence electrons. The Balaban J connectivity index is 1.63. The Morgan fingerprint density at radius 2 is 1.35 bits per heavy atom. The Kier molecular flexibility index (Phi) is 7.31. The number of aliphatic carboxylic acids is 1. The molecule has 7 heteroatoms. The van der Waals surface area contributed by atoms with Crippen molar-refractivity contribution in [3.8, 4) is 17.2 Å². The van der Waals surface area contributed by atoms with Gasteiger partial charge in [-0.15, -0.1) is 0 Å². The summed E-state index contributed by atoms with van der Waals surface area (Å²) in [6.45, 7) is 3.71. The summed E-state index contributed by atoms with van der Waals surface area (Å²) in [6, 6.07) is 20.4. The van der Waals surface area contributed by atoms with Gasteiger partial charge in [0.1, 0.15) is 30.0 Å². The van der Waals surface area contributed by atoms with Crippen molar-refractivity contribution in [2.45, 2.75) is 25.6 Å². The molecule has 0 aromatic heterocycles. The molecule has 5 nitrogen and oxygen atoms in total. The second-order valence-corrected chi connectivity index (χ2v) is 7.99. The first-order valence-electron chi connectivity index (χ1n) is 9.60. The van der Waals surface area contributed by atoms with Crippen molar-refractivity contribution in [3.63, 3.8) is 0 Å². The van der Waals surface area contributed by atoms with Gasteiger partial charge in [-0.1, -0.05) is 35.3 Å². The van der Waals surface area contributed by atoms with Crippen LogP contribution in [-0.4, -0.2) is 23.8 Å². The van der Waals surface area contributed by atoms with Crippen LogP contribution in [0.2, 0.25) is 10.0 Å². The fraction of sp³-hybridized carbons (Fsp3) is 0.208. The maximum Gasteiger partial charge on any atom is 0.352 e. The molecule has 0 radical (unpaired) electrons. The van der Waals surface area contributed by atoms with Crippen LogP contribution in [0.25, 0.3) is 0 Å². The van der Waals surface area contributed by atoms with Crippen LogP contribution in [0.3, 0.4) is 0 Å². The van der Waals surface area contributed by atoms with Crippen LogP contribution in [0.5, 0.6) is 17.2 Å². The van der Waals surface area contributed by atoms with E-state index >= 15 is 0 Å². The number of carbonyl (C=O) groups is 1. The van der Waals surface area contributed by atoms with Crippen molar-refractivity contribution < 1.29 is 24.1 Å². The minimum absolute atomic E-state index is 0.196. The summed E-state index contributed by atoms with van der Waals surface area (Å²) >= 11 is 11.8. The lowest BCUT2D eigenvalue weighted by molar-refractivity contribution is -0.154. The third-order valence-corrected chi connectivity index (χ3v) is 5.09. The fourth-order valence-corrected chi connectivity index (χ4v) is 3.08. The van der Waals surface area contributed by atoms with Gasteiger partial charge in [-0.3, -0.25) is 0 Å². The van der Waals surface area contributed by atoms with Crippen molar-refractivity contribution in [1.29, 1.82) is 0 Å². The highest BCUT2D eigenvalue weighted by Gasteiger charge is 2.38. The Labute approximate surface area is 191 Å². The molecule has 2 atom stereocenters. The summed E-state index contributed by atoms with van der Waals surface area (Å²) in [5.41, 5.74) is -1.09. The standard InChI is InChI=1S/C24H22Cl2O5/c1-16(30-21-11-5-18(25)6-12-21)15-29-20-9-3-17(4-10-20)24(2,23(27)28)31-22-13-7-19(26)8-14-22/h3-14,16H,15H2,1-2H3,(H,27,28). The zero-order valence-corrected chi connectivity index (χ0v) is 18.6. The Morgan fingerprint density at radius 1 is 0.871 bits per heavy atom. The van der Waals surface area contributed by atoms with E-state index in [9.17, 15) is 9.90 Å². The van der Waals surface area contributed by atoms with E-state index in [1.165, 1.54) is 6.92 Å². The van der Waals surface area contributed by atoms with Crippen molar-refractivity contribution in [1.82, 2.24) is 0 Å². The topological polar surface area (TPSA) is 65.0 Å². The number of hydrogen-bond acceptors (Lipinski definition) is 4. The van der Waals surface area contributed by atoms with Gasteiger partial charge in [0.15, 0.2) is 0 Å². The molecule has 1 N–H and O–H groups in total.